The normalized spacial score (nSPS) is 14.8. The second kappa shape index (κ2) is 11.3. The van der Waals surface area contributed by atoms with Gasteiger partial charge in [-0.25, -0.2) is 17.9 Å². The fraction of sp³-hybridized carbons (Fsp3) is 0.367. The smallest absolute Gasteiger partial charge is 0.243 e. The van der Waals surface area contributed by atoms with E-state index in [1.807, 2.05) is 43.5 Å². The van der Waals surface area contributed by atoms with Crippen molar-refractivity contribution in [2.75, 3.05) is 18.4 Å². The van der Waals surface area contributed by atoms with Crippen LogP contribution < -0.4 is 5.32 Å². The van der Waals surface area contributed by atoms with Crippen LogP contribution in [-0.2, 0) is 21.2 Å². The largest absolute Gasteiger partial charge is 0.326 e. The minimum Gasteiger partial charge on any atom is -0.326 e. The van der Waals surface area contributed by atoms with E-state index in [0.717, 1.165) is 65.1 Å². The van der Waals surface area contributed by atoms with Crippen LogP contribution >= 0.6 is 0 Å². The molecule has 3 heterocycles. The number of sulfonamides is 1. The Kier molecular flexibility index (Phi) is 7.81. The summed E-state index contributed by atoms with van der Waals surface area (Å²) in [5.41, 5.74) is 7.25. The minimum atomic E-state index is -3.52. The fourth-order valence-electron chi connectivity index (χ4n) is 5.38. The first-order chi connectivity index (χ1) is 18.8. The molecule has 0 saturated carbocycles. The van der Waals surface area contributed by atoms with Crippen LogP contribution in [0.1, 0.15) is 54.7 Å². The molecular formula is C30H35N5O3S. The van der Waals surface area contributed by atoms with E-state index in [9.17, 15) is 13.2 Å². The zero-order valence-corrected chi connectivity index (χ0v) is 23.6. The van der Waals surface area contributed by atoms with Crippen molar-refractivity contribution in [1.82, 2.24) is 18.9 Å². The van der Waals surface area contributed by atoms with Gasteiger partial charge in [-0.05, 0) is 75.4 Å². The highest BCUT2D eigenvalue weighted by molar-refractivity contribution is 7.89. The predicted molar refractivity (Wildman–Crippen MR) is 153 cm³/mol. The summed E-state index contributed by atoms with van der Waals surface area (Å²) >= 11 is 0. The number of fused-ring (bicyclic) bond motifs is 1. The maximum Gasteiger partial charge on any atom is 0.243 e. The van der Waals surface area contributed by atoms with E-state index < -0.39 is 10.0 Å². The maximum absolute atomic E-state index is 13.0. The van der Waals surface area contributed by atoms with Crippen LogP contribution in [0.2, 0.25) is 0 Å². The van der Waals surface area contributed by atoms with Crippen LogP contribution in [0, 0.1) is 20.8 Å². The van der Waals surface area contributed by atoms with Crippen LogP contribution in [0.4, 0.5) is 5.69 Å². The quantitative estimate of drug-likeness (QED) is 0.333. The van der Waals surface area contributed by atoms with Crippen molar-refractivity contribution in [3.05, 3.63) is 77.2 Å². The molecule has 0 spiro atoms. The number of rotatable bonds is 7. The Morgan fingerprint density at radius 2 is 1.56 bits per heavy atom. The van der Waals surface area contributed by atoms with Gasteiger partial charge >= 0.3 is 0 Å². The molecule has 1 fully saturated rings. The molecule has 0 aliphatic carbocycles. The van der Waals surface area contributed by atoms with Gasteiger partial charge in [0.05, 0.1) is 10.6 Å². The highest BCUT2D eigenvalue weighted by Gasteiger charge is 2.25. The number of carbonyl (C=O) groups is 1. The van der Waals surface area contributed by atoms with Crippen molar-refractivity contribution in [2.45, 2.75) is 64.2 Å². The number of amides is 1. The molecule has 8 nitrogen and oxygen atoms in total. The molecule has 1 N–H and O–H groups in total. The van der Waals surface area contributed by atoms with E-state index >= 15 is 0 Å². The lowest BCUT2D eigenvalue weighted by molar-refractivity contribution is -0.116. The molecule has 0 bridgehead atoms. The number of carbonyl (C=O) groups excluding carboxylic acids is 1. The summed E-state index contributed by atoms with van der Waals surface area (Å²) < 4.78 is 29.5. The van der Waals surface area contributed by atoms with Gasteiger partial charge < -0.3 is 5.32 Å². The van der Waals surface area contributed by atoms with Crippen molar-refractivity contribution >= 4 is 27.3 Å². The predicted octanol–water partition coefficient (Wildman–Crippen LogP) is 5.46. The van der Waals surface area contributed by atoms with E-state index in [4.69, 9.17) is 10.1 Å². The van der Waals surface area contributed by atoms with Crippen molar-refractivity contribution in [1.29, 1.82) is 0 Å². The van der Waals surface area contributed by atoms with Crippen molar-refractivity contribution < 1.29 is 13.2 Å². The molecule has 2 aromatic heterocycles. The third-order valence-corrected chi connectivity index (χ3v) is 9.42. The number of hydrogen-bond acceptors (Lipinski definition) is 5. The fourth-order valence-corrected chi connectivity index (χ4v) is 6.89. The van der Waals surface area contributed by atoms with Crippen molar-refractivity contribution in [3.8, 4) is 11.1 Å². The Labute approximate surface area is 230 Å². The summed E-state index contributed by atoms with van der Waals surface area (Å²) in [6, 6.07) is 16.6. The summed E-state index contributed by atoms with van der Waals surface area (Å²) in [5.74, 6) is -0.140. The average molecular weight is 546 g/mol. The first-order valence-corrected chi connectivity index (χ1v) is 15.0. The van der Waals surface area contributed by atoms with Gasteiger partial charge in [-0.1, -0.05) is 43.2 Å². The van der Waals surface area contributed by atoms with Gasteiger partial charge in [-0.15, -0.1) is 0 Å². The van der Waals surface area contributed by atoms with Crippen LogP contribution in [0.5, 0.6) is 0 Å². The molecule has 5 rings (SSSR count). The van der Waals surface area contributed by atoms with E-state index in [-0.39, 0.29) is 17.2 Å². The van der Waals surface area contributed by atoms with E-state index in [1.165, 1.54) is 0 Å². The molecule has 1 aliphatic rings. The first-order valence-electron chi connectivity index (χ1n) is 13.6. The summed E-state index contributed by atoms with van der Waals surface area (Å²) in [6.07, 6.45) is 4.71. The molecule has 9 heteroatoms. The first kappa shape index (κ1) is 27.0. The molecule has 204 valence electrons. The molecule has 4 aromatic rings. The third-order valence-electron chi connectivity index (χ3n) is 7.51. The van der Waals surface area contributed by atoms with Gasteiger partial charge in [-0.3, -0.25) is 4.79 Å². The van der Waals surface area contributed by atoms with E-state index in [1.54, 1.807) is 28.6 Å². The van der Waals surface area contributed by atoms with Crippen LogP contribution in [0.3, 0.4) is 0 Å². The molecular weight excluding hydrogens is 510 g/mol. The maximum atomic E-state index is 13.0. The van der Waals surface area contributed by atoms with Gasteiger partial charge in [-0.2, -0.15) is 9.40 Å². The summed E-state index contributed by atoms with van der Waals surface area (Å²) in [4.78, 5) is 17.9. The standard InChI is InChI=1S/C30H35N5O3S/c1-21-27(23(3)35-30(31-21)29(22(2)33-35)24-11-7-6-8-12-24)17-18-28(36)32-25-13-15-26(16-14-25)39(37,38)34-19-9-4-5-10-20-34/h6-8,11-16H,4-5,9-10,17-20H2,1-3H3,(H,32,36). The highest BCUT2D eigenvalue weighted by atomic mass is 32.2. The Morgan fingerprint density at radius 3 is 2.23 bits per heavy atom. The topological polar surface area (TPSA) is 96.7 Å². The van der Waals surface area contributed by atoms with Gasteiger partial charge in [0.1, 0.15) is 0 Å². The molecule has 2 aromatic carbocycles. The van der Waals surface area contributed by atoms with E-state index in [2.05, 4.69) is 17.4 Å². The number of nitrogens with one attached hydrogen (secondary N) is 1. The van der Waals surface area contributed by atoms with Crippen molar-refractivity contribution in [3.63, 3.8) is 0 Å². The lowest BCUT2D eigenvalue weighted by Crippen LogP contribution is -2.31. The summed E-state index contributed by atoms with van der Waals surface area (Å²) in [5, 5.41) is 7.65. The van der Waals surface area contributed by atoms with Gasteiger partial charge in [0.25, 0.3) is 0 Å². The number of benzene rings is 2. The van der Waals surface area contributed by atoms with Crippen LogP contribution in [0.25, 0.3) is 16.8 Å². The zero-order valence-electron chi connectivity index (χ0n) is 22.8. The summed E-state index contributed by atoms with van der Waals surface area (Å²) in [6.45, 7) is 7.10. The lowest BCUT2D eigenvalue weighted by atomic mass is 10.0. The van der Waals surface area contributed by atoms with Gasteiger partial charge in [0, 0.05) is 42.1 Å². The van der Waals surface area contributed by atoms with Gasteiger partial charge in [0.15, 0.2) is 5.65 Å². The molecule has 39 heavy (non-hydrogen) atoms. The Morgan fingerprint density at radius 1 is 0.897 bits per heavy atom. The molecule has 1 amide bonds. The molecule has 0 atom stereocenters. The second-order valence-electron chi connectivity index (χ2n) is 10.2. The Balaban J connectivity index is 1.27. The molecule has 1 aliphatic heterocycles. The minimum absolute atomic E-state index is 0.140. The number of aryl methyl sites for hydroxylation is 3. The van der Waals surface area contributed by atoms with Crippen molar-refractivity contribution in [2.24, 2.45) is 0 Å². The molecule has 0 unspecified atom stereocenters. The molecule has 0 radical (unpaired) electrons. The third kappa shape index (κ3) is 5.60. The number of aromatic nitrogens is 3. The average Bonchev–Trinajstić information content (AvgIpc) is 3.08. The number of nitrogens with zero attached hydrogens (tertiary/aromatic N) is 4. The van der Waals surface area contributed by atoms with Crippen LogP contribution in [-0.4, -0.2) is 46.3 Å². The van der Waals surface area contributed by atoms with Gasteiger partial charge in [0.2, 0.25) is 15.9 Å². The lowest BCUT2D eigenvalue weighted by Gasteiger charge is -2.20. The zero-order chi connectivity index (χ0) is 27.6. The highest BCUT2D eigenvalue weighted by Crippen LogP contribution is 2.29. The van der Waals surface area contributed by atoms with E-state index in [0.29, 0.717) is 25.2 Å². The number of anilines is 1. The van der Waals surface area contributed by atoms with Crippen LogP contribution in [0.15, 0.2) is 59.5 Å². The Bertz CT molecular complexity index is 1590. The molecule has 1 saturated heterocycles. The second-order valence-corrected chi connectivity index (χ2v) is 12.2. The summed E-state index contributed by atoms with van der Waals surface area (Å²) in [7, 11) is -3.52. The monoisotopic (exact) mass is 545 g/mol. The SMILES string of the molecule is Cc1nc2c(-c3ccccc3)c(C)nn2c(C)c1CCC(=O)Nc1ccc(S(=O)(=O)N2CCCCCC2)cc1. The number of hydrogen-bond donors (Lipinski definition) is 1. The Hall–Kier alpha value is -3.56.